The molecular weight excluding hydrogens is 316 g/mol. The van der Waals surface area contributed by atoms with Crippen molar-refractivity contribution in [2.24, 2.45) is 5.92 Å². The molecule has 6 nitrogen and oxygen atoms in total. The molecule has 1 aromatic rings. The molecule has 6 heteroatoms. The van der Waals surface area contributed by atoms with Crippen LogP contribution >= 0.6 is 0 Å². The lowest BCUT2D eigenvalue weighted by atomic mass is 9.93. The van der Waals surface area contributed by atoms with Crippen molar-refractivity contribution < 1.29 is 9.59 Å². The number of rotatable bonds is 2. The molecule has 2 amide bonds. The van der Waals surface area contributed by atoms with Gasteiger partial charge in [0, 0.05) is 38.6 Å². The minimum absolute atomic E-state index is 0.0795. The third-order valence-electron chi connectivity index (χ3n) is 5.71. The molecule has 25 heavy (non-hydrogen) atoms. The van der Waals surface area contributed by atoms with Gasteiger partial charge in [0.2, 0.25) is 5.91 Å². The Hall–Kier alpha value is -2.11. The zero-order valence-electron chi connectivity index (χ0n) is 14.7. The highest BCUT2D eigenvalue weighted by molar-refractivity contribution is 5.95. The molecule has 1 fully saturated rings. The number of hydrogen-bond donors (Lipinski definition) is 0. The molecule has 0 spiro atoms. The van der Waals surface area contributed by atoms with Crippen LogP contribution < -0.4 is 0 Å². The number of aromatic nitrogens is 2. The molecule has 0 saturated carbocycles. The maximum Gasteiger partial charge on any atom is 0.257 e. The first-order valence-corrected chi connectivity index (χ1v) is 9.52. The third-order valence-corrected chi connectivity index (χ3v) is 5.71. The van der Waals surface area contributed by atoms with Crippen molar-refractivity contribution in [3.05, 3.63) is 29.6 Å². The van der Waals surface area contributed by atoms with Gasteiger partial charge in [0.05, 0.1) is 17.5 Å². The summed E-state index contributed by atoms with van der Waals surface area (Å²) in [5, 5.41) is 4.38. The van der Waals surface area contributed by atoms with Crippen LogP contribution in [0.5, 0.6) is 0 Å². The van der Waals surface area contributed by atoms with Crippen molar-refractivity contribution in [1.29, 1.82) is 0 Å². The molecule has 3 aliphatic rings. The van der Waals surface area contributed by atoms with Gasteiger partial charge in [-0.1, -0.05) is 12.2 Å². The number of amides is 2. The molecule has 1 atom stereocenters. The predicted octanol–water partition coefficient (Wildman–Crippen LogP) is 1.86. The molecule has 0 aromatic carbocycles. The number of allylic oxidation sites excluding steroid dienone is 2. The van der Waals surface area contributed by atoms with E-state index in [1.54, 1.807) is 6.20 Å². The van der Waals surface area contributed by atoms with Gasteiger partial charge in [0.25, 0.3) is 5.91 Å². The van der Waals surface area contributed by atoms with Gasteiger partial charge in [-0.15, -0.1) is 0 Å². The fraction of sp³-hybridized carbons (Fsp3) is 0.632. The van der Waals surface area contributed by atoms with Gasteiger partial charge < -0.3 is 9.80 Å². The van der Waals surface area contributed by atoms with E-state index in [1.807, 2.05) is 14.5 Å². The van der Waals surface area contributed by atoms with Crippen molar-refractivity contribution in [1.82, 2.24) is 19.6 Å². The second kappa shape index (κ2) is 7.02. The van der Waals surface area contributed by atoms with Gasteiger partial charge in [0.1, 0.15) is 0 Å². The summed E-state index contributed by atoms with van der Waals surface area (Å²) in [6, 6.07) is 0. The Morgan fingerprint density at radius 1 is 1.00 bits per heavy atom. The summed E-state index contributed by atoms with van der Waals surface area (Å²) in [7, 11) is 0. The van der Waals surface area contributed by atoms with Gasteiger partial charge in [-0.2, -0.15) is 5.10 Å². The molecule has 1 aliphatic carbocycles. The lowest BCUT2D eigenvalue weighted by molar-refractivity contribution is -0.137. The minimum atomic E-state index is 0.0795. The van der Waals surface area contributed by atoms with E-state index in [-0.39, 0.29) is 17.7 Å². The SMILES string of the molecule is O=C(c1cnn2c1CCCC2)N1CCN(C(=O)[C@H]2CC=CCC2)CC1. The fourth-order valence-corrected chi connectivity index (χ4v) is 4.18. The molecule has 1 saturated heterocycles. The first-order valence-electron chi connectivity index (χ1n) is 9.52. The topological polar surface area (TPSA) is 58.4 Å². The number of carbonyl (C=O) groups is 2. The molecule has 4 rings (SSSR count). The Morgan fingerprint density at radius 3 is 2.56 bits per heavy atom. The highest BCUT2D eigenvalue weighted by Crippen LogP contribution is 2.23. The summed E-state index contributed by atoms with van der Waals surface area (Å²) in [5.41, 5.74) is 1.85. The Bertz CT molecular complexity index is 686. The molecule has 0 bridgehead atoms. The van der Waals surface area contributed by atoms with Crippen LogP contribution in [0.25, 0.3) is 0 Å². The Labute approximate surface area is 148 Å². The highest BCUT2D eigenvalue weighted by Gasteiger charge is 2.30. The molecule has 0 radical (unpaired) electrons. The summed E-state index contributed by atoms with van der Waals surface area (Å²) in [6.45, 7) is 3.46. The maximum atomic E-state index is 12.9. The number of carbonyl (C=O) groups excluding carboxylic acids is 2. The van der Waals surface area contributed by atoms with Crippen molar-refractivity contribution in [2.75, 3.05) is 26.2 Å². The molecule has 2 aliphatic heterocycles. The van der Waals surface area contributed by atoms with Crippen LogP contribution in [0.1, 0.15) is 48.2 Å². The largest absolute Gasteiger partial charge is 0.339 e. The number of nitrogens with zero attached hydrogens (tertiary/aromatic N) is 4. The van der Waals surface area contributed by atoms with E-state index in [9.17, 15) is 9.59 Å². The van der Waals surface area contributed by atoms with E-state index >= 15 is 0 Å². The quantitative estimate of drug-likeness (QED) is 0.771. The molecular formula is C19H26N4O2. The van der Waals surface area contributed by atoms with Crippen molar-refractivity contribution in [3.63, 3.8) is 0 Å². The van der Waals surface area contributed by atoms with E-state index in [0.717, 1.165) is 56.3 Å². The standard InChI is InChI=1S/C19H26N4O2/c24-18(15-6-2-1-3-7-15)21-10-12-22(13-11-21)19(25)16-14-20-23-9-5-4-8-17(16)23/h1-2,14-15H,3-13H2/t15-/m0/s1. The van der Waals surface area contributed by atoms with Gasteiger partial charge >= 0.3 is 0 Å². The Kier molecular flexibility index (Phi) is 4.59. The van der Waals surface area contributed by atoms with Crippen LogP contribution in [0.2, 0.25) is 0 Å². The lowest BCUT2D eigenvalue weighted by Gasteiger charge is -2.36. The zero-order valence-corrected chi connectivity index (χ0v) is 14.7. The average Bonchev–Trinajstić information content (AvgIpc) is 3.12. The molecule has 1 aromatic heterocycles. The second-order valence-corrected chi connectivity index (χ2v) is 7.28. The predicted molar refractivity (Wildman–Crippen MR) is 94.1 cm³/mol. The molecule has 0 N–H and O–H groups in total. The number of fused-ring (bicyclic) bond motifs is 1. The molecule has 3 heterocycles. The van der Waals surface area contributed by atoms with Crippen molar-refractivity contribution in [3.8, 4) is 0 Å². The molecule has 134 valence electrons. The second-order valence-electron chi connectivity index (χ2n) is 7.28. The summed E-state index contributed by atoms with van der Waals surface area (Å²) in [5.74, 6) is 0.477. The number of aryl methyl sites for hydroxylation is 1. The Morgan fingerprint density at radius 2 is 1.80 bits per heavy atom. The van der Waals surface area contributed by atoms with E-state index in [2.05, 4.69) is 17.3 Å². The van der Waals surface area contributed by atoms with Crippen molar-refractivity contribution in [2.45, 2.75) is 45.1 Å². The van der Waals surface area contributed by atoms with E-state index in [0.29, 0.717) is 26.2 Å². The van der Waals surface area contributed by atoms with Crippen LogP contribution in [0.15, 0.2) is 18.3 Å². The summed E-state index contributed by atoms with van der Waals surface area (Å²) in [4.78, 5) is 29.3. The van der Waals surface area contributed by atoms with Crippen LogP contribution in [0.3, 0.4) is 0 Å². The van der Waals surface area contributed by atoms with Crippen LogP contribution in [-0.4, -0.2) is 57.6 Å². The minimum Gasteiger partial charge on any atom is -0.339 e. The van der Waals surface area contributed by atoms with Gasteiger partial charge in [-0.25, -0.2) is 0 Å². The van der Waals surface area contributed by atoms with Crippen molar-refractivity contribution >= 4 is 11.8 Å². The smallest absolute Gasteiger partial charge is 0.257 e. The van der Waals surface area contributed by atoms with Crippen LogP contribution in [0, 0.1) is 5.92 Å². The van der Waals surface area contributed by atoms with Gasteiger partial charge in [-0.05, 0) is 38.5 Å². The number of hydrogen-bond acceptors (Lipinski definition) is 3. The maximum absolute atomic E-state index is 12.9. The Balaban J connectivity index is 1.37. The summed E-state index contributed by atoms with van der Waals surface area (Å²) < 4.78 is 1.98. The third kappa shape index (κ3) is 3.22. The monoisotopic (exact) mass is 342 g/mol. The van der Waals surface area contributed by atoms with E-state index in [4.69, 9.17) is 0 Å². The summed E-state index contributed by atoms with van der Waals surface area (Å²) >= 11 is 0. The highest BCUT2D eigenvalue weighted by atomic mass is 16.2. The fourth-order valence-electron chi connectivity index (χ4n) is 4.18. The van der Waals surface area contributed by atoms with Crippen LogP contribution in [0.4, 0.5) is 0 Å². The first-order chi connectivity index (χ1) is 12.2. The normalized spacial score (nSPS) is 23.4. The molecule has 0 unspecified atom stereocenters. The van der Waals surface area contributed by atoms with Gasteiger partial charge in [0.15, 0.2) is 0 Å². The van der Waals surface area contributed by atoms with Crippen LogP contribution in [-0.2, 0) is 17.8 Å². The zero-order chi connectivity index (χ0) is 17.2. The lowest BCUT2D eigenvalue weighted by Crippen LogP contribution is -2.52. The first kappa shape index (κ1) is 16.4. The van der Waals surface area contributed by atoms with Gasteiger partial charge in [-0.3, -0.25) is 14.3 Å². The summed E-state index contributed by atoms with van der Waals surface area (Å²) in [6.07, 6.45) is 12.0. The number of piperazine rings is 1. The average molecular weight is 342 g/mol. The van der Waals surface area contributed by atoms with E-state index < -0.39 is 0 Å². The van der Waals surface area contributed by atoms with E-state index in [1.165, 1.54) is 0 Å².